The fourth-order valence-corrected chi connectivity index (χ4v) is 2.27. The number of hydrogen-bond donors (Lipinski definition) is 2. The number of hydrogen-bond acceptors (Lipinski definition) is 6. The van der Waals surface area contributed by atoms with E-state index in [9.17, 15) is 8.42 Å². The van der Waals surface area contributed by atoms with Crippen molar-refractivity contribution in [2.45, 2.75) is 11.8 Å². The minimum absolute atomic E-state index is 0.0187. The maximum absolute atomic E-state index is 12.1. The summed E-state index contributed by atoms with van der Waals surface area (Å²) >= 11 is 0. The Morgan fingerprint density at radius 1 is 1.16 bits per heavy atom. The number of aromatic nitrogens is 3. The van der Waals surface area contributed by atoms with E-state index in [2.05, 4.69) is 25.0 Å². The third-order valence-electron chi connectivity index (χ3n) is 2.29. The van der Waals surface area contributed by atoms with E-state index in [0.717, 1.165) is 5.69 Å². The Hall–Kier alpha value is -2.22. The van der Waals surface area contributed by atoms with E-state index in [1.807, 2.05) is 0 Å². The lowest BCUT2D eigenvalue weighted by molar-refractivity contribution is 0.600. The van der Waals surface area contributed by atoms with E-state index in [0.29, 0.717) is 5.95 Å². The molecule has 0 aliphatic heterocycles. The fourth-order valence-electron chi connectivity index (χ4n) is 1.38. The first kappa shape index (κ1) is 13.2. The van der Waals surface area contributed by atoms with Crippen LogP contribution in [0.1, 0.15) is 5.69 Å². The Morgan fingerprint density at radius 2 is 1.84 bits per heavy atom. The molecule has 0 spiro atoms. The molecule has 0 atom stereocenters. The van der Waals surface area contributed by atoms with E-state index < -0.39 is 10.0 Å². The highest BCUT2D eigenvalue weighted by molar-refractivity contribution is 7.92. The predicted molar refractivity (Wildman–Crippen MR) is 71.4 cm³/mol. The number of anilines is 2. The van der Waals surface area contributed by atoms with Gasteiger partial charge in [0.15, 0.2) is 0 Å². The van der Waals surface area contributed by atoms with Gasteiger partial charge >= 0.3 is 0 Å². The SMILES string of the molecule is CNc1ncc(S(=O)(=O)Nc2cccc(C)n2)cn1. The molecule has 2 aromatic heterocycles. The van der Waals surface area contributed by atoms with Crippen molar-refractivity contribution in [3.8, 4) is 0 Å². The summed E-state index contributed by atoms with van der Waals surface area (Å²) in [5.41, 5.74) is 0.724. The lowest BCUT2D eigenvalue weighted by atomic mass is 10.4. The highest BCUT2D eigenvalue weighted by Gasteiger charge is 2.15. The largest absolute Gasteiger partial charge is 0.357 e. The molecule has 0 fully saturated rings. The molecule has 0 aliphatic carbocycles. The van der Waals surface area contributed by atoms with Gasteiger partial charge in [0.1, 0.15) is 10.7 Å². The molecular weight excluding hydrogens is 266 g/mol. The van der Waals surface area contributed by atoms with Gasteiger partial charge in [0.25, 0.3) is 10.0 Å². The Bertz CT molecular complexity index is 670. The van der Waals surface area contributed by atoms with Crippen LogP contribution in [0.15, 0.2) is 35.5 Å². The van der Waals surface area contributed by atoms with Crippen LogP contribution in [0.25, 0.3) is 0 Å². The van der Waals surface area contributed by atoms with Gasteiger partial charge in [0.05, 0.1) is 12.4 Å². The van der Waals surface area contributed by atoms with Crippen LogP contribution >= 0.6 is 0 Å². The number of nitrogens with one attached hydrogen (secondary N) is 2. The van der Waals surface area contributed by atoms with E-state index in [1.165, 1.54) is 12.4 Å². The molecule has 2 N–H and O–H groups in total. The van der Waals surface area contributed by atoms with Crippen LogP contribution in [-0.2, 0) is 10.0 Å². The standard InChI is InChI=1S/C11H13N5O2S/c1-8-4-3-5-10(15-8)16-19(17,18)9-6-13-11(12-2)14-7-9/h3-7H,1-2H3,(H,15,16)(H,12,13,14). The average molecular weight is 279 g/mol. The van der Waals surface area contributed by atoms with Gasteiger partial charge in [0, 0.05) is 12.7 Å². The van der Waals surface area contributed by atoms with Crippen LogP contribution in [0.4, 0.5) is 11.8 Å². The molecule has 0 saturated heterocycles. The molecule has 0 radical (unpaired) electrons. The van der Waals surface area contributed by atoms with Gasteiger partial charge in [0.2, 0.25) is 5.95 Å². The quantitative estimate of drug-likeness (QED) is 0.867. The van der Waals surface area contributed by atoms with Gasteiger partial charge in [-0.1, -0.05) is 6.07 Å². The van der Waals surface area contributed by atoms with Gasteiger partial charge in [-0.15, -0.1) is 0 Å². The van der Waals surface area contributed by atoms with Crippen molar-refractivity contribution < 1.29 is 8.42 Å². The maximum Gasteiger partial charge on any atom is 0.266 e. The van der Waals surface area contributed by atoms with Crippen molar-refractivity contribution in [3.63, 3.8) is 0 Å². The topological polar surface area (TPSA) is 96.9 Å². The lowest BCUT2D eigenvalue weighted by Crippen LogP contribution is -2.15. The summed E-state index contributed by atoms with van der Waals surface area (Å²) in [6.07, 6.45) is 2.47. The molecule has 7 nitrogen and oxygen atoms in total. The molecule has 0 unspecified atom stereocenters. The van der Waals surface area contributed by atoms with Gasteiger partial charge < -0.3 is 5.32 Å². The zero-order chi connectivity index (χ0) is 13.9. The first-order chi connectivity index (χ1) is 9.01. The molecule has 2 rings (SSSR count). The molecule has 0 aromatic carbocycles. The van der Waals surface area contributed by atoms with E-state index in [4.69, 9.17) is 0 Å². The van der Waals surface area contributed by atoms with E-state index in [1.54, 1.807) is 32.2 Å². The maximum atomic E-state index is 12.1. The van der Waals surface area contributed by atoms with Gasteiger partial charge in [-0.3, -0.25) is 4.72 Å². The van der Waals surface area contributed by atoms with Crippen LogP contribution in [0, 0.1) is 6.92 Å². The van der Waals surface area contributed by atoms with Crippen molar-refractivity contribution in [3.05, 3.63) is 36.3 Å². The van der Waals surface area contributed by atoms with Crippen molar-refractivity contribution in [1.29, 1.82) is 0 Å². The summed E-state index contributed by atoms with van der Waals surface area (Å²) in [5, 5.41) is 2.71. The summed E-state index contributed by atoms with van der Waals surface area (Å²) in [5.74, 6) is 0.616. The third kappa shape index (κ3) is 3.16. The molecule has 0 amide bonds. The lowest BCUT2D eigenvalue weighted by Gasteiger charge is -2.07. The van der Waals surface area contributed by atoms with Crippen molar-refractivity contribution in [2.24, 2.45) is 0 Å². The van der Waals surface area contributed by atoms with Crippen LogP contribution < -0.4 is 10.0 Å². The molecule has 2 aromatic rings. The van der Waals surface area contributed by atoms with Gasteiger partial charge in [-0.2, -0.15) is 0 Å². The molecule has 100 valence electrons. The molecule has 2 heterocycles. The second-order valence-corrected chi connectivity index (χ2v) is 5.44. The molecule has 8 heteroatoms. The van der Waals surface area contributed by atoms with Crippen LogP contribution in [0.3, 0.4) is 0 Å². The highest BCUT2D eigenvalue weighted by Crippen LogP contribution is 2.13. The minimum Gasteiger partial charge on any atom is -0.357 e. The van der Waals surface area contributed by atoms with E-state index in [-0.39, 0.29) is 10.7 Å². The van der Waals surface area contributed by atoms with Crippen molar-refractivity contribution in [2.75, 3.05) is 17.1 Å². The fraction of sp³-hybridized carbons (Fsp3) is 0.182. The van der Waals surface area contributed by atoms with Crippen molar-refractivity contribution in [1.82, 2.24) is 15.0 Å². The number of rotatable bonds is 4. The number of aryl methyl sites for hydroxylation is 1. The molecule has 19 heavy (non-hydrogen) atoms. The molecule has 0 aliphatic rings. The Labute approximate surface area is 111 Å². The smallest absolute Gasteiger partial charge is 0.266 e. The minimum atomic E-state index is -3.72. The average Bonchev–Trinajstić information content (AvgIpc) is 2.38. The van der Waals surface area contributed by atoms with Crippen LogP contribution in [0.5, 0.6) is 0 Å². The normalized spacial score (nSPS) is 11.1. The summed E-state index contributed by atoms with van der Waals surface area (Å²) < 4.78 is 26.5. The van der Waals surface area contributed by atoms with E-state index >= 15 is 0 Å². The number of sulfonamides is 1. The number of pyridine rings is 1. The second kappa shape index (κ2) is 5.19. The predicted octanol–water partition coefficient (Wildman–Crippen LogP) is 1.02. The van der Waals surface area contributed by atoms with Crippen LogP contribution in [0.2, 0.25) is 0 Å². The van der Waals surface area contributed by atoms with Crippen molar-refractivity contribution >= 4 is 21.8 Å². The zero-order valence-electron chi connectivity index (χ0n) is 10.5. The molecule has 0 bridgehead atoms. The van der Waals surface area contributed by atoms with Gasteiger partial charge in [-0.25, -0.2) is 23.4 Å². The van der Waals surface area contributed by atoms with Gasteiger partial charge in [-0.05, 0) is 19.1 Å². The number of nitrogens with zero attached hydrogens (tertiary/aromatic N) is 3. The first-order valence-corrected chi connectivity index (χ1v) is 6.96. The third-order valence-corrected chi connectivity index (χ3v) is 3.60. The first-order valence-electron chi connectivity index (χ1n) is 5.47. The molecule has 0 saturated carbocycles. The summed E-state index contributed by atoms with van der Waals surface area (Å²) in [6, 6.07) is 5.08. The zero-order valence-corrected chi connectivity index (χ0v) is 11.3. The highest BCUT2D eigenvalue weighted by atomic mass is 32.2. The second-order valence-electron chi connectivity index (χ2n) is 3.76. The summed E-state index contributed by atoms with van der Waals surface area (Å²) in [6.45, 7) is 1.78. The Kier molecular flexibility index (Phi) is 3.61. The monoisotopic (exact) mass is 279 g/mol. The summed E-state index contributed by atoms with van der Waals surface area (Å²) in [7, 11) is -2.07. The Morgan fingerprint density at radius 3 is 2.42 bits per heavy atom. The van der Waals surface area contributed by atoms with Crippen LogP contribution in [-0.4, -0.2) is 30.4 Å². The Balaban J connectivity index is 2.27. The summed E-state index contributed by atoms with van der Waals surface area (Å²) in [4.78, 5) is 11.8. The molecular formula is C11H13N5O2S.